The highest BCUT2D eigenvalue weighted by Gasteiger charge is 2.12. The second-order valence-corrected chi connectivity index (χ2v) is 7.01. The summed E-state index contributed by atoms with van der Waals surface area (Å²) in [6, 6.07) is 6.27. The van der Waals surface area contributed by atoms with Gasteiger partial charge in [0.1, 0.15) is 0 Å². The zero-order chi connectivity index (χ0) is 14.9. The average molecular weight is 309 g/mol. The maximum atomic E-state index is 5.74. The molecule has 0 amide bonds. The van der Waals surface area contributed by atoms with E-state index in [1.165, 1.54) is 24.2 Å². The summed E-state index contributed by atoms with van der Waals surface area (Å²) in [5.41, 5.74) is 0. The van der Waals surface area contributed by atoms with E-state index >= 15 is 0 Å². The van der Waals surface area contributed by atoms with Crippen LogP contribution in [0.5, 0.6) is 11.5 Å². The Balaban J connectivity index is 1.78. The fourth-order valence-electron chi connectivity index (χ4n) is 2.30. The zero-order valence-corrected chi connectivity index (χ0v) is 14.0. The Morgan fingerprint density at radius 2 is 2.00 bits per heavy atom. The molecule has 4 heteroatoms. The minimum Gasteiger partial charge on any atom is -0.490 e. The number of rotatable bonds is 8. The van der Waals surface area contributed by atoms with Gasteiger partial charge in [-0.05, 0) is 31.2 Å². The van der Waals surface area contributed by atoms with E-state index in [2.05, 4.69) is 31.3 Å². The van der Waals surface area contributed by atoms with Crippen molar-refractivity contribution in [3.8, 4) is 11.5 Å². The smallest absolute Gasteiger partial charge is 0.162 e. The van der Waals surface area contributed by atoms with Crippen LogP contribution in [-0.2, 0) is 0 Å². The molecule has 0 aromatic heterocycles. The van der Waals surface area contributed by atoms with Crippen LogP contribution in [0.25, 0.3) is 0 Å². The maximum absolute atomic E-state index is 5.74. The van der Waals surface area contributed by atoms with E-state index in [0.717, 1.165) is 44.2 Å². The van der Waals surface area contributed by atoms with Crippen molar-refractivity contribution in [1.29, 1.82) is 0 Å². The number of fused-ring (bicyclic) bond motifs is 1. The van der Waals surface area contributed by atoms with Crippen molar-refractivity contribution in [3.63, 3.8) is 0 Å². The van der Waals surface area contributed by atoms with Crippen molar-refractivity contribution in [1.82, 2.24) is 5.32 Å². The molecule has 0 spiro atoms. The summed E-state index contributed by atoms with van der Waals surface area (Å²) in [5, 5.41) is 4.09. The SMILES string of the molecule is CCCCCNCC(C)Sc1ccc2c(c1)OCCCO2. The van der Waals surface area contributed by atoms with Crippen LogP contribution in [0.4, 0.5) is 0 Å². The molecular formula is C17H27NO2S. The molecule has 0 saturated heterocycles. The van der Waals surface area contributed by atoms with Crippen LogP contribution in [0.2, 0.25) is 0 Å². The van der Waals surface area contributed by atoms with Crippen molar-refractivity contribution in [2.45, 2.75) is 49.7 Å². The van der Waals surface area contributed by atoms with Crippen LogP contribution in [-0.4, -0.2) is 31.6 Å². The molecule has 0 bridgehead atoms. The van der Waals surface area contributed by atoms with Crippen LogP contribution < -0.4 is 14.8 Å². The van der Waals surface area contributed by atoms with Gasteiger partial charge in [0, 0.05) is 23.1 Å². The summed E-state index contributed by atoms with van der Waals surface area (Å²) in [6.45, 7) is 8.17. The third-order valence-corrected chi connectivity index (χ3v) is 4.54. The zero-order valence-electron chi connectivity index (χ0n) is 13.2. The molecule has 1 unspecified atom stereocenters. The van der Waals surface area contributed by atoms with Crippen LogP contribution in [0.1, 0.15) is 39.5 Å². The van der Waals surface area contributed by atoms with E-state index in [1.54, 1.807) is 0 Å². The largest absolute Gasteiger partial charge is 0.490 e. The van der Waals surface area contributed by atoms with Crippen LogP contribution >= 0.6 is 11.8 Å². The molecule has 21 heavy (non-hydrogen) atoms. The minimum atomic E-state index is 0.552. The molecule has 1 heterocycles. The third-order valence-electron chi connectivity index (χ3n) is 3.45. The molecule has 3 nitrogen and oxygen atoms in total. The second-order valence-electron chi connectivity index (χ2n) is 5.50. The van der Waals surface area contributed by atoms with Gasteiger partial charge in [0.25, 0.3) is 0 Å². The molecular weight excluding hydrogens is 282 g/mol. The lowest BCUT2D eigenvalue weighted by molar-refractivity contribution is 0.297. The molecule has 0 radical (unpaired) electrons. The van der Waals surface area contributed by atoms with E-state index in [9.17, 15) is 0 Å². The number of hydrogen-bond donors (Lipinski definition) is 1. The van der Waals surface area contributed by atoms with Gasteiger partial charge in [-0.2, -0.15) is 0 Å². The van der Waals surface area contributed by atoms with Crippen molar-refractivity contribution in [2.24, 2.45) is 0 Å². The van der Waals surface area contributed by atoms with E-state index in [1.807, 2.05) is 17.8 Å². The summed E-state index contributed by atoms with van der Waals surface area (Å²) in [4.78, 5) is 1.25. The normalized spacial score (nSPS) is 15.5. The van der Waals surface area contributed by atoms with Gasteiger partial charge >= 0.3 is 0 Å². The van der Waals surface area contributed by atoms with E-state index in [0.29, 0.717) is 5.25 Å². The van der Waals surface area contributed by atoms with Gasteiger partial charge in [0.05, 0.1) is 13.2 Å². The van der Waals surface area contributed by atoms with E-state index in [4.69, 9.17) is 9.47 Å². The molecule has 1 aliphatic rings. The monoisotopic (exact) mass is 309 g/mol. The molecule has 118 valence electrons. The van der Waals surface area contributed by atoms with Crippen molar-refractivity contribution in [2.75, 3.05) is 26.3 Å². The summed E-state index contributed by atoms with van der Waals surface area (Å²) in [6.07, 6.45) is 4.83. The number of hydrogen-bond acceptors (Lipinski definition) is 4. The highest BCUT2D eigenvalue weighted by atomic mass is 32.2. The number of thioether (sulfide) groups is 1. The quantitative estimate of drug-likeness (QED) is 0.578. The summed E-state index contributed by atoms with van der Waals surface area (Å²) < 4.78 is 11.4. The van der Waals surface area contributed by atoms with E-state index in [-0.39, 0.29) is 0 Å². The molecule has 1 N–H and O–H groups in total. The fourth-order valence-corrected chi connectivity index (χ4v) is 3.28. The Bertz CT molecular complexity index is 425. The van der Waals surface area contributed by atoms with Crippen molar-refractivity contribution >= 4 is 11.8 Å². The maximum Gasteiger partial charge on any atom is 0.162 e. The van der Waals surface area contributed by atoms with Crippen LogP contribution in [0, 0.1) is 0 Å². The lowest BCUT2D eigenvalue weighted by atomic mass is 10.2. The van der Waals surface area contributed by atoms with Gasteiger partial charge in [0.15, 0.2) is 11.5 Å². The Hall–Kier alpha value is -0.870. The first-order chi connectivity index (χ1) is 10.3. The topological polar surface area (TPSA) is 30.5 Å². The first kappa shape index (κ1) is 16.5. The number of benzene rings is 1. The van der Waals surface area contributed by atoms with Crippen LogP contribution in [0.15, 0.2) is 23.1 Å². The van der Waals surface area contributed by atoms with Gasteiger partial charge in [-0.1, -0.05) is 26.7 Å². The second kappa shape index (κ2) is 9.21. The van der Waals surface area contributed by atoms with Crippen molar-refractivity contribution in [3.05, 3.63) is 18.2 Å². The van der Waals surface area contributed by atoms with Gasteiger partial charge in [-0.15, -0.1) is 11.8 Å². The summed E-state index contributed by atoms with van der Waals surface area (Å²) in [5.74, 6) is 1.77. The minimum absolute atomic E-state index is 0.552. The highest BCUT2D eigenvalue weighted by molar-refractivity contribution is 8.00. The lowest BCUT2D eigenvalue weighted by Crippen LogP contribution is -2.23. The molecule has 1 atom stereocenters. The molecule has 1 aliphatic heterocycles. The Morgan fingerprint density at radius 3 is 2.81 bits per heavy atom. The molecule has 0 saturated carbocycles. The highest BCUT2D eigenvalue weighted by Crippen LogP contribution is 2.35. The molecule has 0 fully saturated rings. The predicted octanol–water partition coefficient (Wildman–Crippen LogP) is 4.11. The molecule has 1 aromatic carbocycles. The lowest BCUT2D eigenvalue weighted by Gasteiger charge is -2.14. The first-order valence-corrected chi connectivity index (χ1v) is 8.94. The first-order valence-electron chi connectivity index (χ1n) is 8.06. The molecule has 2 rings (SSSR count). The standard InChI is InChI=1S/C17H27NO2S/c1-3-4-5-9-18-13-14(2)21-15-7-8-16-17(12-15)20-11-6-10-19-16/h7-8,12,14,18H,3-6,9-11,13H2,1-2H3. The van der Waals surface area contributed by atoms with Crippen molar-refractivity contribution < 1.29 is 9.47 Å². The molecule has 1 aromatic rings. The van der Waals surface area contributed by atoms with E-state index < -0.39 is 0 Å². The predicted molar refractivity (Wildman–Crippen MR) is 89.8 cm³/mol. The molecule has 0 aliphatic carbocycles. The Kier molecular flexibility index (Phi) is 7.24. The van der Waals surface area contributed by atoms with Crippen LogP contribution in [0.3, 0.4) is 0 Å². The number of unbranched alkanes of at least 4 members (excludes halogenated alkanes) is 2. The summed E-state index contributed by atoms with van der Waals surface area (Å²) in [7, 11) is 0. The Morgan fingerprint density at radius 1 is 1.19 bits per heavy atom. The van der Waals surface area contributed by atoms with Gasteiger partial charge < -0.3 is 14.8 Å². The number of ether oxygens (including phenoxy) is 2. The number of nitrogens with one attached hydrogen (secondary N) is 1. The Labute approximate surface area is 132 Å². The van der Waals surface area contributed by atoms with Gasteiger partial charge in [0.2, 0.25) is 0 Å². The third kappa shape index (κ3) is 5.79. The van der Waals surface area contributed by atoms with Gasteiger partial charge in [-0.25, -0.2) is 0 Å². The fraction of sp³-hybridized carbons (Fsp3) is 0.647. The van der Waals surface area contributed by atoms with Gasteiger partial charge in [-0.3, -0.25) is 0 Å². The average Bonchev–Trinajstić information content (AvgIpc) is 2.72. The summed E-state index contributed by atoms with van der Waals surface area (Å²) >= 11 is 1.89.